The van der Waals surface area contributed by atoms with E-state index < -0.39 is 15.4 Å². The summed E-state index contributed by atoms with van der Waals surface area (Å²) in [6, 6.07) is 0. The van der Waals surface area contributed by atoms with Crippen molar-refractivity contribution in [3.8, 4) is 0 Å². The van der Waals surface area contributed by atoms with Crippen LogP contribution in [0.4, 0.5) is 0 Å². The molecule has 0 amide bonds. The minimum Gasteiger partial charge on any atom is -0.460 e. The zero-order valence-corrected chi connectivity index (χ0v) is 11.9. The van der Waals surface area contributed by atoms with Crippen molar-refractivity contribution in [1.29, 1.82) is 0 Å². The lowest BCUT2D eigenvalue weighted by atomic mass is 10.2. The van der Waals surface area contributed by atoms with Gasteiger partial charge in [0.2, 0.25) is 0 Å². The Morgan fingerprint density at radius 3 is 2.29 bits per heavy atom. The van der Waals surface area contributed by atoms with Gasteiger partial charge in [0.25, 0.3) is 0 Å². The molecule has 5 nitrogen and oxygen atoms in total. The number of hydrogen-bond donors (Lipinski definition) is 1. The Kier molecular flexibility index (Phi) is 6.70. The van der Waals surface area contributed by atoms with Gasteiger partial charge in [-0.1, -0.05) is 6.92 Å². The lowest BCUT2D eigenvalue weighted by molar-refractivity contribution is -0.154. The van der Waals surface area contributed by atoms with Crippen LogP contribution in [0, 0.1) is 0 Å². The van der Waals surface area contributed by atoms with E-state index in [1.807, 2.05) is 20.8 Å². The van der Waals surface area contributed by atoms with Crippen LogP contribution in [0.3, 0.4) is 0 Å². The van der Waals surface area contributed by atoms with Gasteiger partial charge in [0.05, 0.1) is 12.2 Å². The van der Waals surface area contributed by atoms with Crippen LogP contribution in [0.15, 0.2) is 0 Å². The molecule has 1 N–H and O–H groups in total. The van der Waals surface area contributed by atoms with E-state index in [1.165, 1.54) is 0 Å². The molecule has 6 heteroatoms. The Labute approximate surface area is 104 Å². The topological polar surface area (TPSA) is 72.5 Å². The maximum absolute atomic E-state index is 11.3. The quantitative estimate of drug-likeness (QED) is 0.543. The Bertz CT molecular complexity index is 330. The van der Waals surface area contributed by atoms with Gasteiger partial charge in [-0.15, -0.1) is 0 Å². The van der Waals surface area contributed by atoms with Crippen molar-refractivity contribution in [2.45, 2.75) is 39.7 Å². The van der Waals surface area contributed by atoms with E-state index in [0.29, 0.717) is 13.1 Å². The van der Waals surface area contributed by atoms with E-state index in [-0.39, 0.29) is 23.9 Å². The highest BCUT2D eigenvalue weighted by molar-refractivity contribution is 7.91. The molecule has 0 heterocycles. The minimum absolute atomic E-state index is 0.109. The van der Waals surface area contributed by atoms with Crippen molar-refractivity contribution in [1.82, 2.24) is 5.32 Å². The number of nitrogens with one attached hydrogen (secondary N) is 1. The average molecular weight is 265 g/mol. The van der Waals surface area contributed by atoms with Crippen molar-refractivity contribution in [3.05, 3.63) is 0 Å². The van der Waals surface area contributed by atoms with Crippen molar-refractivity contribution in [3.63, 3.8) is 0 Å². The first-order valence-corrected chi connectivity index (χ1v) is 7.61. The number of carbonyl (C=O) groups excluding carboxylic acids is 1. The third kappa shape index (κ3) is 10.3. The van der Waals surface area contributed by atoms with E-state index in [0.717, 1.165) is 0 Å². The summed E-state index contributed by atoms with van der Waals surface area (Å²) >= 11 is 0. The van der Waals surface area contributed by atoms with E-state index in [1.54, 1.807) is 6.92 Å². The monoisotopic (exact) mass is 265 g/mol. The van der Waals surface area contributed by atoms with Crippen molar-refractivity contribution < 1.29 is 17.9 Å². The van der Waals surface area contributed by atoms with Gasteiger partial charge in [0, 0.05) is 18.8 Å². The molecule has 0 aliphatic heterocycles. The van der Waals surface area contributed by atoms with Crippen LogP contribution in [0.5, 0.6) is 0 Å². The number of ether oxygens (including phenoxy) is 1. The van der Waals surface area contributed by atoms with Crippen LogP contribution in [-0.2, 0) is 19.4 Å². The summed E-state index contributed by atoms with van der Waals surface area (Å²) in [5, 5.41) is 2.91. The molecule has 0 aliphatic carbocycles. The maximum Gasteiger partial charge on any atom is 0.307 e. The molecule has 0 aromatic heterocycles. The van der Waals surface area contributed by atoms with E-state index in [2.05, 4.69) is 5.32 Å². The average Bonchev–Trinajstić information content (AvgIpc) is 2.14. The fourth-order valence-corrected chi connectivity index (χ4v) is 1.82. The van der Waals surface area contributed by atoms with Crippen LogP contribution >= 0.6 is 0 Å². The molecule has 0 atom stereocenters. The smallest absolute Gasteiger partial charge is 0.307 e. The second-order valence-corrected chi connectivity index (χ2v) is 7.30. The molecule has 0 aliphatic rings. The van der Waals surface area contributed by atoms with Crippen LogP contribution in [0.2, 0.25) is 0 Å². The molecule has 0 aromatic carbocycles. The molecular weight excluding hydrogens is 242 g/mol. The summed E-state index contributed by atoms with van der Waals surface area (Å²) < 4.78 is 27.4. The SMILES string of the molecule is CCS(=O)(=O)CCNCCC(=O)OC(C)(C)C. The first-order chi connectivity index (χ1) is 7.66. The standard InChI is InChI=1S/C11H23NO4S/c1-5-17(14,15)9-8-12-7-6-10(13)16-11(2,3)4/h12H,5-9H2,1-4H3. The van der Waals surface area contributed by atoms with Crippen molar-refractivity contribution in [2.24, 2.45) is 0 Å². The number of carbonyl (C=O) groups is 1. The second kappa shape index (κ2) is 6.96. The predicted octanol–water partition coefficient (Wildman–Crippen LogP) is 0.743. The zero-order valence-electron chi connectivity index (χ0n) is 11.1. The first kappa shape index (κ1) is 16.4. The molecular formula is C11H23NO4S. The predicted molar refractivity (Wildman–Crippen MR) is 67.7 cm³/mol. The number of hydrogen-bond acceptors (Lipinski definition) is 5. The summed E-state index contributed by atoms with van der Waals surface area (Å²) in [4.78, 5) is 11.3. The van der Waals surface area contributed by atoms with E-state index in [4.69, 9.17) is 4.74 Å². The summed E-state index contributed by atoms with van der Waals surface area (Å²) in [7, 11) is -2.93. The third-order valence-electron chi connectivity index (χ3n) is 1.96. The molecule has 0 unspecified atom stereocenters. The molecule has 0 rings (SSSR count). The summed E-state index contributed by atoms with van der Waals surface area (Å²) in [5.74, 6) is -0.0122. The lowest BCUT2D eigenvalue weighted by Crippen LogP contribution is -2.29. The van der Waals surface area contributed by atoms with Gasteiger partial charge in [0.15, 0.2) is 9.84 Å². The van der Waals surface area contributed by atoms with Gasteiger partial charge in [-0.05, 0) is 20.8 Å². The van der Waals surface area contributed by atoms with Crippen molar-refractivity contribution >= 4 is 15.8 Å². The molecule has 0 saturated carbocycles. The van der Waals surface area contributed by atoms with Crippen LogP contribution in [-0.4, -0.2) is 44.6 Å². The Balaban J connectivity index is 3.63. The van der Waals surface area contributed by atoms with Gasteiger partial charge in [-0.25, -0.2) is 8.42 Å². The highest BCUT2D eigenvalue weighted by Gasteiger charge is 2.15. The fraction of sp³-hybridized carbons (Fsp3) is 0.909. The van der Waals surface area contributed by atoms with Gasteiger partial charge in [0.1, 0.15) is 5.60 Å². The molecule has 102 valence electrons. The van der Waals surface area contributed by atoms with Crippen LogP contribution in [0.25, 0.3) is 0 Å². The Morgan fingerprint density at radius 1 is 1.24 bits per heavy atom. The van der Waals surface area contributed by atoms with Gasteiger partial charge in [-0.2, -0.15) is 0 Å². The number of sulfone groups is 1. The highest BCUT2D eigenvalue weighted by Crippen LogP contribution is 2.07. The maximum atomic E-state index is 11.3. The molecule has 0 bridgehead atoms. The molecule has 0 radical (unpaired) electrons. The van der Waals surface area contributed by atoms with E-state index in [9.17, 15) is 13.2 Å². The second-order valence-electron chi connectivity index (χ2n) is 4.82. The molecule has 17 heavy (non-hydrogen) atoms. The highest BCUT2D eigenvalue weighted by atomic mass is 32.2. The third-order valence-corrected chi connectivity index (χ3v) is 3.66. The Morgan fingerprint density at radius 2 is 1.82 bits per heavy atom. The molecule has 0 saturated heterocycles. The number of esters is 1. The summed E-state index contributed by atoms with van der Waals surface area (Å²) in [6.45, 7) is 7.87. The van der Waals surface area contributed by atoms with Crippen LogP contribution < -0.4 is 5.32 Å². The largest absolute Gasteiger partial charge is 0.460 e. The van der Waals surface area contributed by atoms with Gasteiger partial charge >= 0.3 is 5.97 Å². The van der Waals surface area contributed by atoms with Gasteiger partial charge < -0.3 is 10.1 Å². The normalized spacial score (nSPS) is 12.5. The van der Waals surface area contributed by atoms with E-state index >= 15 is 0 Å². The summed E-state index contributed by atoms with van der Waals surface area (Å²) in [6.07, 6.45) is 0.253. The molecule has 0 fully saturated rings. The minimum atomic E-state index is -2.93. The first-order valence-electron chi connectivity index (χ1n) is 5.79. The van der Waals surface area contributed by atoms with Crippen molar-refractivity contribution in [2.75, 3.05) is 24.6 Å². The lowest BCUT2D eigenvalue weighted by Gasteiger charge is -2.19. The molecule has 0 spiro atoms. The Hall–Kier alpha value is -0.620. The summed E-state index contributed by atoms with van der Waals surface area (Å²) in [5.41, 5.74) is -0.470. The van der Waals surface area contributed by atoms with Crippen LogP contribution in [0.1, 0.15) is 34.1 Å². The zero-order chi connectivity index (χ0) is 13.5. The fourth-order valence-electron chi connectivity index (χ4n) is 1.08. The molecule has 0 aromatic rings. The number of rotatable bonds is 7. The van der Waals surface area contributed by atoms with Gasteiger partial charge in [-0.3, -0.25) is 4.79 Å².